The van der Waals surface area contributed by atoms with Gasteiger partial charge in [0.05, 0.1) is 41.2 Å². The predicted molar refractivity (Wildman–Crippen MR) is 150 cm³/mol. The van der Waals surface area contributed by atoms with E-state index in [1.807, 2.05) is 17.0 Å². The highest BCUT2D eigenvalue weighted by molar-refractivity contribution is 5.96. The summed E-state index contributed by atoms with van der Waals surface area (Å²) in [5.41, 5.74) is 0.833. The van der Waals surface area contributed by atoms with E-state index in [9.17, 15) is 23.9 Å². The van der Waals surface area contributed by atoms with Crippen molar-refractivity contribution in [3.63, 3.8) is 0 Å². The zero-order valence-corrected chi connectivity index (χ0v) is 22.9. The number of anilines is 1. The summed E-state index contributed by atoms with van der Waals surface area (Å²) in [5.74, 6) is 0.739. The maximum atomic E-state index is 14.6. The Kier molecular flexibility index (Phi) is 6.55. The number of halogens is 2. The first-order valence-electron chi connectivity index (χ1n) is 13.3. The maximum absolute atomic E-state index is 14.6. The first-order chi connectivity index (χ1) is 20.1. The molecule has 2 atom stereocenters. The molecule has 6 heterocycles. The molecule has 1 N–H and O–H groups in total. The van der Waals surface area contributed by atoms with Gasteiger partial charge in [0, 0.05) is 36.0 Å². The first-order valence-corrected chi connectivity index (χ1v) is 13.3. The number of rotatable bonds is 6. The van der Waals surface area contributed by atoms with Crippen LogP contribution < -0.4 is 9.64 Å². The fraction of sp³-hybridized carbons (Fsp3) is 0.290. The largest absolute Gasteiger partial charge is 0.489 e. The molecular weight excluding hydrogens is 542 g/mol. The minimum absolute atomic E-state index is 0.0391. The number of piperazine rings is 1. The molecule has 2 unspecified atom stereocenters. The SMILES string of the molecule is C#Cc1cc(F)c(C(=O)N2C3CC2CN(c2ccc(-c4cc(OCC(C)(C)O)cn5ncc(C#N)c45)cn2)C3)c(F)c1. The number of piperidine rings is 1. The lowest BCUT2D eigenvalue weighted by Crippen LogP contribution is -2.70. The quantitative estimate of drug-likeness (QED) is 0.353. The second kappa shape index (κ2) is 10.1. The van der Waals surface area contributed by atoms with Gasteiger partial charge in [0.1, 0.15) is 41.4 Å². The third-order valence-corrected chi connectivity index (χ3v) is 7.53. The number of aromatic nitrogens is 3. The maximum Gasteiger partial charge on any atom is 0.260 e. The van der Waals surface area contributed by atoms with E-state index in [0.29, 0.717) is 41.3 Å². The smallest absolute Gasteiger partial charge is 0.260 e. The van der Waals surface area contributed by atoms with Crippen LogP contribution in [0.3, 0.4) is 0 Å². The Labute approximate surface area is 240 Å². The van der Waals surface area contributed by atoms with Gasteiger partial charge >= 0.3 is 0 Å². The molecule has 3 saturated heterocycles. The lowest BCUT2D eigenvalue weighted by atomic mass is 9.86. The van der Waals surface area contributed by atoms with Crippen molar-refractivity contribution < 1.29 is 23.4 Å². The van der Waals surface area contributed by atoms with Crippen LogP contribution in [-0.2, 0) is 0 Å². The van der Waals surface area contributed by atoms with E-state index >= 15 is 0 Å². The fourth-order valence-corrected chi connectivity index (χ4v) is 5.59. The third kappa shape index (κ3) is 4.78. The van der Waals surface area contributed by atoms with E-state index in [2.05, 4.69) is 22.1 Å². The number of hydrogen-bond acceptors (Lipinski definition) is 7. The highest BCUT2D eigenvalue weighted by Crippen LogP contribution is 2.37. The van der Waals surface area contributed by atoms with Gasteiger partial charge in [-0.1, -0.05) is 5.92 Å². The van der Waals surface area contributed by atoms with Gasteiger partial charge in [0.25, 0.3) is 5.91 Å². The van der Waals surface area contributed by atoms with Gasteiger partial charge in [-0.2, -0.15) is 10.4 Å². The monoisotopic (exact) mass is 568 g/mol. The van der Waals surface area contributed by atoms with E-state index in [1.54, 1.807) is 41.7 Å². The van der Waals surface area contributed by atoms with Crippen LogP contribution in [0.4, 0.5) is 14.6 Å². The molecule has 4 aromatic rings. The van der Waals surface area contributed by atoms with E-state index in [4.69, 9.17) is 11.2 Å². The van der Waals surface area contributed by atoms with Crippen LogP contribution in [0.1, 0.15) is 41.8 Å². The van der Waals surface area contributed by atoms with Crippen LogP contribution in [0.5, 0.6) is 5.75 Å². The van der Waals surface area contributed by atoms with Crippen molar-refractivity contribution in [2.24, 2.45) is 0 Å². The van der Waals surface area contributed by atoms with E-state index < -0.39 is 28.7 Å². The van der Waals surface area contributed by atoms with E-state index in [0.717, 1.165) is 24.1 Å². The lowest BCUT2D eigenvalue weighted by Gasteiger charge is -2.56. The van der Waals surface area contributed by atoms with Crippen LogP contribution in [0.15, 0.2) is 48.9 Å². The van der Waals surface area contributed by atoms with Crippen molar-refractivity contribution in [3.05, 3.63) is 77.2 Å². The topological polar surface area (TPSA) is 107 Å². The number of amides is 1. The Hall–Kier alpha value is -5.00. The molecule has 3 fully saturated rings. The summed E-state index contributed by atoms with van der Waals surface area (Å²) in [6.07, 6.45) is 10.8. The molecule has 3 aliphatic rings. The average Bonchev–Trinajstić information content (AvgIpc) is 3.38. The van der Waals surface area contributed by atoms with Gasteiger partial charge in [-0.05, 0) is 50.6 Å². The number of carbonyl (C=O) groups is 1. The highest BCUT2D eigenvalue weighted by Gasteiger charge is 2.48. The average molecular weight is 569 g/mol. The Bertz CT molecular complexity index is 1760. The summed E-state index contributed by atoms with van der Waals surface area (Å²) in [7, 11) is 0. The normalized spacial score (nSPS) is 17.9. The van der Waals surface area contributed by atoms with Gasteiger partial charge < -0.3 is 19.6 Å². The van der Waals surface area contributed by atoms with Gasteiger partial charge in [-0.15, -0.1) is 6.42 Å². The van der Waals surface area contributed by atoms with Crippen LogP contribution >= 0.6 is 0 Å². The summed E-state index contributed by atoms with van der Waals surface area (Å²) in [6, 6.07) is 9.26. The third-order valence-electron chi connectivity index (χ3n) is 7.53. The van der Waals surface area contributed by atoms with Crippen molar-refractivity contribution in [1.29, 1.82) is 5.26 Å². The number of carbonyl (C=O) groups excluding carboxylic acids is 1. The molecule has 1 aromatic carbocycles. The number of hydrogen-bond donors (Lipinski definition) is 1. The molecular formula is C31H26F2N6O3. The standard InChI is InChI=1S/C31H26F2N6O3/c1-4-18-7-25(32)28(26(33)8-18)30(40)39-21-9-22(39)15-37(14-21)27-6-5-19(12-35-27)24-10-23(42-17-31(2,3)41)16-38-29(24)20(11-34)13-36-38/h1,5-8,10,12-13,16,21-22,41H,9,14-15,17H2,2-3H3. The summed E-state index contributed by atoms with van der Waals surface area (Å²) in [4.78, 5) is 21.3. The molecule has 7 rings (SSSR count). The molecule has 0 saturated carbocycles. The molecule has 212 valence electrons. The van der Waals surface area contributed by atoms with Crippen LogP contribution in [-0.4, -0.2) is 67.9 Å². The molecule has 0 spiro atoms. The second-order valence-electron chi connectivity index (χ2n) is 11.2. The first kappa shape index (κ1) is 27.2. The number of nitriles is 1. The molecule has 2 bridgehead atoms. The van der Waals surface area contributed by atoms with Crippen molar-refractivity contribution in [1.82, 2.24) is 19.5 Å². The molecule has 1 amide bonds. The number of aliphatic hydroxyl groups is 1. The van der Waals surface area contributed by atoms with Gasteiger partial charge in [0.2, 0.25) is 0 Å². The summed E-state index contributed by atoms with van der Waals surface area (Å²) in [6.45, 7) is 4.28. The zero-order valence-electron chi connectivity index (χ0n) is 22.9. The summed E-state index contributed by atoms with van der Waals surface area (Å²) in [5, 5.41) is 24.0. The van der Waals surface area contributed by atoms with Crippen molar-refractivity contribution in [2.45, 2.75) is 38.0 Å². The Balaban J connectivity index is 1.22. The number of fused-ring (bicyclic) bond motifs is 3. The number of pyridine rings is 2. The zero-order chi connectivity index (χ0) is 29.8. The Morgan fingerprint density at radius 2 is 1.90 bits per heavy atom. The summed E-state index contributed by atoms with van der Waals surface area (Å²) < 4.78 is 36.5. The number of terminal acetylenes is 1. The van der Waals surface area contributed by atoms with Crippen LogP contribution in [0.2, 0.25) is 0 Å². The number of nitrogens with zero attached hydrogens (tertiary/aromatic N) is 6. The van der Waals surface area contributed by atoms with Crippen molar-refractivity contribution in [3.8, 4) is 35.3 Å². The minimum atomic E-state index is -1.04. The van der Waals surface area contributed by atoms with E-state index in [1.165, 1.54) is 6.20 Å². The molecule has 9 nitrogen and oxygen atoms in total. The fourth-order valence-electron chi connectivity index (χ4n) is 5.59. The molecule has 42 heavy (non-hydrogen) atoms. The molecule has 0 aliphatic carbocycles. The van der Waals surface area contributed by atoms with Gasteiger partial charge in [-0.3, -0.25) is 4.79 Å². The van der Waals surface area contributed by atoms with Crippen LogP contribution in [0, 0.1) is 35.3 Å². The molecule has 11 heteroatoms. The van der Waals surface area contributed by atoms with Crippen molar-refractivity contribution >= 4 is 17.2 Å². The Morgan fingerprint density at radius 1 is 1.19 bits per heavy atom. The molecule has 0 radical (unpaired) electrons. The van der Waals surface area contributed by atoms with Gasteiger partial charge in [-0.25, -0.2) is 18.3 Å². The number of ether oxygens (including phenoxy) is 1. The van der Waals surface area contributed by atoms with Gasteiger partial charge in [0.15, 0.2) is 0 Å². The second-order valence-corrected chi connectivity index (χ2v) is 11.2. The summed E-state index contributed by atoms with van der Waals surface area (Å²) >= 11 is 0. The minimum Gasteiger partial charge on any atom is -0.489 e. The number of benzene rings is 1. The lowest BCUT2D eigenvalue weighted by molar-refractivity contribution is 0.00496. The van der Waals surface area contributed by atoms with E-state index in [-0.39, 0.29) is 24.3 Å². The predicted octanol–water partition coefficient (Wildman–Crippen LogP) is 3.78. The van der Waals surface area contributed by atoms with Crippen LogP contribution in [0.25, 0.3) is 16.6 Å². The Morgan fingerprint density at radius 3 is 2.50 bits per heavy atom. The highest BCUT2D eigenvalue weighted by atomic mass is 19.1. The van der Waals surface area contributed by atoms with Crippen molar-refractivity contribution in [2.75, 3.05) is 24.6 Å². The molecule has 3 aromatic heterocycles. The molecule has 3 aliphatic heterocycles.